The number of esters is 2. The molecular formula is C21H23NO7S. The van der Waals surface area contributed by atoms with Gasteiger partial charge < -0.3 is 14.2 Å². The number of benzene rings is 2. The van der Waals surface area contributed by atoms with Crippen molar-refractivity contribution in [2.24, 2.45) is 0 Å². The van der Waals surface area contributed by atoms with Crippen LogP contribution in [0.5, 0.6) is 5.75 Å². The Hall–Kier alpha value is -2.75. The van der Waals surface area contributed by atoms with Crippen molar-refractivity contribution >= 4 is 22.0 Å². The van der Waals surface area contributed by atoms with Crippen molar-refractivity contribution in [3.8, 4) is 5.75 Å². The summed E-state index contributed by atoms with van der Waals surface area (Å²) in [5.74, 6) is -0.965. The molecule has 1 aliphatic rings. The van der Waals surface area contributed by atoms with Crippen LogP contribution in [0.2, 0.25) is 0 Å². The maximum atomic E-state index is 13.1. The molecule has 1 aliphatic heterocycles. The van der Waals surface area contributed by atoms with Crippen molar-refractivity contribution in [1.29, 1.82) is 0 Å². The number of sulfonamides is 1. The maximum absolute atomic E-state index is 13.1. The van der Waals surface area contributed by atoms with Gasteiger partial charge in [0.15, 0.2) is 0 Å². The zero-order valence-corrected chi connectivity index (χ0v) is 17.6. The third kappa shape index (κ3) is 4.69. The molecule has 30 heavy (non-hydrogen) atoms. The van der Waals surface area contributed by atoms with Crippen LogP contribution in [-0.2, 0) is 25.9 Å². The maximum Gasteiger partial charge on any atom is 0.343 e. The molecule has 2 aromatic carbocycles. The Labute approximate surface area is 175 Å². The van der Waals surface area contributed by atoms with Crippen molar-refractivity contribution in [3.63, 3.8) is 0 Å². The Morgan fingerprint density at radius 2 is 1.63 bits per heavy atom. The SMILES string of the molecule is CCc1ccc(C(=O)Oc2ccc(C(=O)OC)cc2)cc1S(=O)(=O)N1CCOCC1. The quantitative estimate of drug-likeness (QED) is 0.509. The number of morpholine rings is 1. The molecule has 160 valence electrons. The van der Waals surface area contributed by atoms with E-state index in [9.17, 15) is 18.0 Å². The highest BCUT2D eigenvalue weighted by molar-refractivity contribution is 7.89. The monoisotopic (exact) mass is 433 g/mol. The van der Waals surface area contributed by atoms with E-state index in [4.69, 9.17) is 9.47 Å². The molecule has 0 atom stereocenters. The molecule has 8 nitrogen and oxygen atoms in total. The van der Waals surface area contributed by atoms with Crippen LogP contribution < -0.4 is 4.74 Å². The predicted octanol–water partition coefficient (Wildman–Crippen LogP) is 2.28. The summed E-state index contributed by atoms with van der Waals surface area (Å²) in [6, 6.07) is 10.4. The molecule has 9 heteroatoms. The van der Waals surface area contributed by atoms with Crippen molar-refractivity contribution in [1.82, 2.24) is 4.31 Å². The van der Waals surface area contributed by atoms with Crippen LogP contribution in [0.4, 0.5) is 0 Å². The number of rotatable bonds is 6. The predicted molar refractivity (Wildman–Crippen MR) is 108 cm³/mol. The Bertz CT molecular complexity index is 1030. The van der Waals surface area contributed by atoms with Gasteiger partial charge in [-0.15, -0.1) is 0 Å². The molecule has 0 amide bonds. The lowest BCUT2D eigenvalue weighted by molar-refractivity contribution is 0.0600. The molecular weight excluding hydrogens is 410 g/mol. The zero-order chi connectivity index (χ0) is 21.7. The lowest BCUT2D eigenvalue weighted by Crippen LogP contribution is -2.41. The lowest BCUT2D eigenvalue weighted by Gasteiger charge is -2.27. The molecule has 2 aromatic rings. The highest BCUT2D eigenvalue weighted by atomic mass is 32.2. The number of carbonyl (C=O) groups is 2. The normalized spacial score (nSPS) is 14.9. The Morgan fingerprint density at radius 3 is 2.23 bits per heavy atom. The minimum Gasteiger partial charge on any atom is -0.465 e. The first-order valence-electron chi connectivity index (χ1n) is 9.48. The van der Waals surface area contributed by atoms with Gasteiger partial charge in [-0.25, -0.2) is 18.0 Å². The van der Waals surface area contributed by atoms with Gasteiger partial charge >= 0.3 is 11.9 Å². The lowest BCUT2D eigenvalue weighted by atomic mass is 10.1. The second-order valence-electron chi connectivity index (χ2n) is 6.60. The number of aryl methyl sites for hydroxylation is 1. The van der Waals surface area contributed by atoms with Gasteiger partial charge in [0.1, 0.15) is 5.75 Å². The highest BCUT2D eigenvalue weighted by Gasteiger charge is 2.29. The minimum atomic E-state index is -3.76. The molecule has 0 bridgehead atoms. The largest absolute Gasteiger partial charge is 0.465 e. The molecule has 1 saturated heterocycles. The fourth-order valence-corrected chi connectivity index (χ4v) is 4.81. The van der Waals surface area contributed by atoms with Gasteiger partial charge in [0, 0.05) is 13.1 Å². The minimum absolute atomic E-state index is 0.0994. The van der Waals surface area contributed by atoms with Crippen molar-refractivity contribution in [2.75, 3.05) is 33.4 Å². The molecule has 0 spiro atoms. The summed E-state index contributed by atoms with van der Waals surface area (Å²) in [5, 5.41) is 0. The first kappa shape index (κ1) is 21.9. The number of carbonyl (C=O) groups excluding carboxylic acids is 2. The Balaban J connectivity index is 1.85. The molecule has 1 fully saturated rings. The summed E-state index contributed by atoms with van der Waals surface area (Å²) < 4.78 is 42.8. The average Bonchev–Trinajstić information content (AvgIpc) is 2.79. The van der Waals surface area contributed by atoms with Crippen LogP contribution in [0.3, 0.4) is 0 Å². The van der Waals surface area contributed by atoms with E-state index < -0.39 is 22.0 Å². The van der Waals surface area contributed by atoms with Gasteiger partial charge in [0.25, 0.3) is 0 Å². The Kier molecular flexibility index (Phi) is 6.86. The second kappa shape index (κ2) is 9.38. The smallest absolute Gasteiger partial charge is 0.343 e. The summed E-state index contributed by atoms with van der Waals surface area (Å²) in [4.78, 5) is 24.2. The van der Waals surface area contributed by atoms with Crippen LogP contribution in [0.1, 0.15) is 33.2 Å². The van der Waals surface area contributed by atoms with Crippen LogP contribution in [0, 0.1) is 0 Å². The summed E-state index contributed by atoms with van der Waals surface area (Å²) in [6.07, 6.45) is 0.503. The third-order valence-electron chi connectivity index (χ3n) is 4.76. The van der Waals surface area contributed by atoms with Crippen molar-refractivity contribution < 1.29 is 32.2 Å². The summed E-state index contributed by atoms with van der Waals surface area (Å²) in [5.41, 5.74) is 1.07. The van der Waals surface area contributed by atoms with E-state index in [2.05, 4.69) is 4.74 Å². The fourth-order valence-electron chi connectivity index (χ4n) is 3.08. The van der Waals surface area contributed by atoms with Gasteiger partial charge in [-0.3, -0.25) is 0 Å². The van der Waals surface area contributed by atoms with Gasteiger partial charge in [-0.05, 0) is 48.4 Å². The van der Waals surface area contributed by atoms with E-state index in [0.717, 1.165) is 0 Å². The van der Waals surface area contributed by atoms with E-state index in [1.165, 1.54) is 41.7 Å². The zero-order valence-electron chi connectivity index (χ0n) is 16.8. The van der Waals surface area contributed by atoms with E-state index in [-0.39, 0.29) is 29.3 Å². The summed E-state index contributed by atoms with van der Waals surface area (Å²) in [7, 11) is -2.48. The summed E-state index contributed by atoms with van der Waals surface area (Å²) in [6.45, 7) is 3.07. The van der Waals surface area contributed by atoms with Crippen LogP contribution in [0.15, 0.2) is 47.4 Å². The van der Waals surface area contributed by atoms with Crippen molar-refractivity contribution in [2.45, 2.75) is 18.2 Å². The number of hydrogen-bond acceptors (Lipinski definition) is 7. The highest BCUT2D eigenvalue weighted by Crippen LogP contribution is 2.24. The van der Waals surface area contributed by atoms with Crippen molar-refractivity contribution in [3.05, 3.63) is 59.2 Å². The van der Waals surface area contributed by atoms with Gasteiger partial charge in [0.2, 0.25) is 10.0 Å². The first-order valence-corrected chi connectivity index (χ1v) is 10.9. The van der Waals surface area contributed by atoms with Gasteiger partial charge in [-0.1, -0.05) is 13.0 Å². The number of nitrogens with zero attached hydrogens (tertiary/aromatic N) is 1. The standard InChI is InChI=1S/C21H23NO7S/c1-3-15-4-5-17(14-19(15)30(25,26)22-10-12-28-13-11-22)21(24)29-18-8-6-16(7-9-18)20(23)27-2/h4-9,14H,3,10-13H2,1-2H3. The second-order valence-corrected chi connectivity index (χ2v) is 8.50. The van der Waals surface area contributed by atoms with E-state index in [0.29, 0.717) is 30.8 Å². The van der Waals surface area contributed by atoms with Crippen LogP contribution >= 0.6 is 0 Å². The van der Waals surface area contributed by atoms with Gasteiger partial charge in [-0.2, -0.15) is 4.31 Å². The van der Waals surface area contributed by atoms with Gasteiger partial charge in [0.05, 0.1) is 36.3 Å². The number of ether oxygens (including phenoxy) is 3. The molecule has 0 unspecified atom stereocenters. The first-order chi connectivity index (χ1) is 14.4. The van der Waals surface area contributed by atoms with E-state index in [1.807, 2.05) is 6.92 Å². The number of hydrogen-bond donors (Lipinski definition) is 0. The van der Waals surface area contributed by atoms with E-state index in [1.54, 1.807) is 12.1 Å². The molecule has 0 N–H and O–H groups in total. The number of methoxy groups -OCH3 is 1. The van der Waals surface area contributed by atoms with Crippen LogP contribution in [-0.4, -0.2) is 58.1 Å². The topological polar surface area (TPSA) is 99.2 Å². The molecule has 1 heterocycles. The molecule has 0 aliphatic carbocycles. The molecule has 0 saturated carbocycles. The Morgan fingerprint density at radius 1 is 1.00 bits per heavy atom. The average molecular weight is 433 g/mol. The molecule has 0 radical (unpaired) electrons. The third-order valence-corrected chi connectivity index (χ3v) is 6.74. The summed E-state index contributed by atoms with van der Waals surface area (Å²) >= 11 is 0. The van der Waals surface area contributed by atoms with Crippen LogP contribution in [0.25, 0.3) is 0 Å². The molecule has 3 rings (SSSR count). The molecule has 0 aromatic heterocycles. The van der Waals surface area contributed by atoms with E-state index >= 15 is 0 Å². The fraction of sp³-hybridized carbons (Fsp3) is 0.333.